The minimum absolute atomic E-state index is 0.0333. The first-order chi connectivity index (χ1) is 12.2. The Morgan fingerprint density at radius 2 is 1.88 bits per heavy atom. The van der Waals surface area contributed by atoms with Crippen molar-refractivity contribution in [3.63, 3.8) is 0 Å². The highest BCUT2D eigenvalue weighted by Gasteiger charge is 2.18. The lowest BCUT2D eigenvalue weighted by atomic mass is 10.1. The number of fused-ring (bicyclic) bond motifs is 2. The number of imidazole rings is 1. The molecule has 1 N–H and O–H groups in total. The molecule has 0 aliphatic carbocycles. The maximum atomic E-state index is 12.6. The van der Waals surface area contributed by atoms with Crippen LogP contribution in [0.15, 0.2) is 78.2 Å². The van der Waals surface area contributed by atoms with Crippen molar-refractivity contribution in [3.05, 3.63) is 73.1 Å². The average Bonchev–Trinajstić information content (AvgIpc) is 3.05. The molecule has 5 heteroatoms. The first kappa shape index (κ1) is 15.7. The van der Waals surface area contributed by atoms with Gasteiger partial charge in [-0.15, -0.1) is 0 Å². The summed E-state index contributed by atoms with van der Waals surface area (Å²) in [5.74, 6) is -0.0333. The maximum Gasteiger partial charge on any atom is 0.237 e. The molecule has 0 saturated heterocycles. The maximum absolute atomic E-state index is 12.6. The van der Waals surface area contributed by atoms with Crippen LogP contribution in [0.1, 0.15) is 6.92 Å². The van der Waals surface area contributed by atoms with Gasteiger partial charge < -0.3 is 5.32 Å². The Labute approximate surface area is 149 Å². The van der Waals surface area contributed by atoms with Gasteiger partial charge in [0.05, 0.1) is 17.0 Å². The summed E-state index contributed by atoms with van der Waals surface area (Å²) in [6.07, 6.45) is 3.78. The Morgan fingerprint density at radius 1 is 1.08 bits per heavy atom. The third kappa shape index (κ3) is 3.10. The molecule has 4 nitrogen and oxygen atoms in total. The molecular formula is C20H17N3OS. The summed E-state index contributed by atoms with van der Waals surface area (Å²) >= 11 is 1.45. The van der Waals surface area contributed by atoms with Crippen molar-refractivity contribution >= 4 is 39.6 Å². The van der Waals surface area contributed by atoms with E-state index in [0.29, 0.717) is 0 Å². The number of amides is 1. The van der Waals surface area contributed by atoms with Crippen LogP contribution in [0.4, 0.5) is 5.69 Å². The van der Waals surface area contributed by atoms with E-state index in [0.717, 1.165) is 27.1 Å². The van der Waals surface area contributed by atoms with E-state index in [9.17, 15) is 4.79 Å². The van der Waals surface area contributed by atoms with Crippen molar-refractivity contribution in [1.29, 1.82) is 0 Å². The van der Waals surface area contributed by atoms with Gasteiger partial charge in [-0.1, -0.05) is 54.2 Å². The van der Waals surface area contributed by atoms with Crippen molar-refractivity contribution in [2.24, 2.45) is 0 Å². The molecule has 0 fully saturated rings. The molecule has 124 valence electrons. The molecule has 4 aromatic rings. The standard InChI is InChI=1S/C20H17N3OS/c1-14(25-20-21-13-16-9-4-5-12-23(16)20)19(24)22-18-11-6-8-15-7-2-3-10-17(15)18/h2-14H,1H3,(H,22,24)/t14-/m0/s1. The highest BCUT2D eigenvalue weighted by molar-refractivity contribution is 8.00. The SMILES string of the molecule is C[C@H](Sc1ncc2ccccn12)C(=O)Nc1cccc2ccccc12. The second kappa shape index (κ2) is 6.61. The molecule has 0 radical (unpaired) electrons. The van der Waals surface area contributed by atoms with Crippen LogP contribution in [0.25, 0.3) is 16.3 Å². The van der Waals surface area contributed by atoms with E-state index >= 15 is 0 Å². The third-order valence-corrected chi connectivity index (χ3v) is 5.18. The summed E-state index contributed by atoms with van der Waals surface area (Å²) in [6, 6.07) is 19.9. The second-order valence-corrected chi connectivity index (χ2v) is 7.12. The predicted octanol–water partition coefficient (Wildman–Crippen LogP) is 4.61. The van der Waals surface area contributed by atoms with Crippen LogP contribution in [0.2, 0.25) is 0 Å². The Bertz CT molecular complexity index is 1050. The van der Waals surface area contributed by atoms with Crippen molar-refractivity contribution < 1.29 is 4.79 Å². The van der Waals surface area contributed by atoms with Crippen molar-refractivity contribution in [2.75, 3.05) is 5.32 Å². The quantitative estimate of drug-likeness (QED) is 0.549. The van der Waals surface area contributed by atoms with Gasteiger partial charge in [0.25, 0.3) is 0 Å². The summed E-state index contributed by atoms with van der Waals surface area (Å²) in [6.45, 7) is 1.90. The molecule has 25 heavy (non-hydrogen) atoms. The van der Waals surface area contributed by atoms with Crippen LogP contribution in [0.5, 0.6) is 0 Å². The fourth-order valence-electron chi connectivity index (χ4n) is 2.79. The Kier molecular flexibility index (Phi) is 4.15. The van der Waals surface area contributed by atoms with Gasteiger partial charge in [0.1, 0.15) is 0 Å². The molecule has 0 spiro atoms. The largest absolute Gasteiger partial charge is 0.325 e. The van der Waals surface area contributed by atoms with Crippen LogP contribution < -0.4 is 5.32 Å². The van der Waals surface area contributed by atoms with Gasteiger partial charge in [0.15, 0.2) is 5.16 Å². The summed E-state index contributed by atoms with van der Waals surface area (Å²) in [5, 5.41) is 5.76. The number of rotatable bonds is 4. The molecular weight excluding hydrogens is 330 g/mol. The van der Waals surface area contributed by atoms with E-state index in [1.54, 1.807) is 0 Å². The summed E-state index contributed by atoms with van der Waals surface area (Å²) in [4.78, 5) is 17.1. The van der Waals surface area contributed by atoms with Gasteiger partial charge in [-0.3, -0.25) is 9.20 Å². The lowest BCUT2D eigenvalue weighted by Crippen LogP contribution is -2.22. The molecule has 2 aromatic carbocycles. The number of carbonyl (C=O) groups is 1. The lowest BCUT2D eigenvalue weighted by Gasteiger charge is -2.13. The van der Waals surface area contributed by atoms with Crippen molar-refractivity contribution in [2.45, 2.75) is 17.3 Å². The van der Waals surface area contributed by atoms with Crippen LogP contribution in [-0.4, -0.2) is 20.5 Å². The first-order valence-corrected chi connectivity index (χ1v) is 8.98. The summed E-state index contributed by atoms with van der Waals surface area (Å²) in [7, 11) is 0. The van der Waals surface area contributed by atoms with Crippen molar-refractivity contribution in [3.8, 4) is 0 Å². The number of nitrogens with zero attached hydrogens (tertiary/aromatic N) is 2. The minimum atomic E-state index is -0.259. The molecule has 0 saturated carbocycles. The minimum Gasteiger partial charge on any atom is -0.325 e. The number of nitrogens with one attached hydrogen (secondary N) is 1. The zero-order valence-corrected chi connectivity index (χ0v) is 14.5. The fraction of sp³-hybridized carbons (Fsp3) is 0.100. The van der Waals surface area contributed by atoms with Crippen LogP contribution in [-0.2, 0) is 4.79 Å². The number of thioether (sulfide) groups is 1. The summed E-state index contributed by atoms with van der Waals surface area (Å²) < 4.78 is 1.99. The molecule has 2 aromatic heterocycles. The van der Waals surface area contributed by atoms with Gasteiger partial charge >= 0.3 is 0 Å². The topological polar surface area (TPSA) is 46.4 Å². The number of carbonyl (C=O) groups excluding carboxylic acids is 1. The molecule has 2 heterocycles. The Hall–Kier alpha value is -2.79. The third-order valence-electron chi connectivity index (χ3n) is 4.10. The zero-order valence-electron chi connectivity index (χ0n) is 13.7. The molecule has 0 bridgehead atoms. The number of hydrogen-bond acceptors (Lipinski definition) is 3. The van der Waals surface area contributed by atoms with Gasteiger partial charge in [-0.25, -0.2) is 4.98 Å². The van der Waals surface area contributed by atoms with E-state index in [1.165, 1.54) is 11.8 Å². The molecule has 1 amide bonds. The van der Waals surface area contributed by atoms with Crippen LogP contribution in [0.3, 0.4) is 0 Å². The molecule has 0 unspecified atom stereocenters. The lowest BCUT2D eigenvalue weighted by molar-refractivity contribution is -0.115. The normalized spacial score (nSPS) is 12.4. The van der Waals surface area contributed by atoms with E-state index in [1.807, 2.05) is 84.4 Å². The van der Waals surface area contributed by atoms with Gasteiger partial charge in [0.2, 0.25) is 5.91 Å². The fourth-order valence-corrected chi connectivity index (χ4v) is 3.66. The number of benzene rings is 2. The number of aromatic nitrogens is 2. The second-order valence-electron chi connectivity index (χ2n) is 5.81. The van der Waals surface area contributed by atoms with Crippen LogP contribution in [0, 0.1) is 0 Å². The van der Waals surface area contributed by atoms with Crippen LogP contribution >= 0.6 is 11.8 Å². The van der Waals surface area contributed by atoms with E-state index in [-0.39, 0.29) is 11.2 Å². The first-order valence-electron chi connectivity index (χ1n) is 8.10. The number of anilines is 1. The molecule has 1 atom stereocenters. The monoisotopic (exact) mass is 347 g/mol. The Morgan fingerprint density at radius 3 is 2.80 bits per heavy atom. The van der Waals surface area contributed by atoms with E-state index < -0.39 is 0 Å². The number of pyridine rings is 1. The smallest absolute Gasteiger partial charge is 0.237 e. The van der Waals surface area contributed by atoms with Gasteiger partial charge in [0, 0.05) is 17.3 Å². The average molecular weight is 347 g/mol. The summed E-state index contributed by atoms with van der Waals surface area (Å²) in [5.41, 5.74) is 1.86. The molecule has 4 rings (SSSR count). The predicted molar refractivity (Wildman–Crippen MR) is 103 cm³/mol. The highest BCUT2D eigenvalue weighted by Crippen LogP contribution is 2.26. The van der Waals surface area contributed by atoms with Gasteiger partial charge in [-0.2, -0.15) is 0 Å². The van der Waals surface area contributed by atoms with Gasteiger partial charge in [-0.05, 0) is 30.5 Å². The zero-order chi connectivity index (χ0) is 17.2. The highest BCUT2D eigenvalue weighted by atomic mass is 32.2. The Balaban J connectivity index is 1.54. The molecule has 0 aliphatic heterocycles. The molecule has 0 aliphatic rings. The van der Waals surface area contributed by atoms with Crippen molar-refractivity contribution in [1.82, 2.24) is 9.38 Å². The van der Waals surface area contributed by atoms with E-state index in [4.69, 9.17) is 0 Å². The number of hydrogen-bond donors (Lipinski definition) is 1. The van der Waals surface area contributed by atoms with E-state index in [2.05, 4.69) is 10.3 Å².